The molecule has 0 amide bonds. The summed E-state index contributed by atoms with van der Waals surface area (Å²) in [5.74, 6) is 1.81. The van der Waals surface area contributed by atoms with Crippen molar-refractivity contribution in [2.75, 3.05) is 0 Å². The number of hydrogen-bond acceptors (Lipinski definition) is 1. The number of fused-ring (bicyclic) bond motifs is 4. The third-order valence-corrected chi connectivity index (χ3v) is 26.7. The average molecular weight is 1970 g/mol. The predicted molar refractivity (Wildman–Crippen MR) is 661 cm³/mol. The zero-order chi connectivity index (χ0) is 107. The van der Waals surface area contributed by atoms with Crippen LogP contribution in [-0.4, -0.2) is 0 Å². The third-order valence-electron chi connectivity index (χ3n) is 26.7. The second-order valence-corrected chi connectivity index (χ2v) is 39.7. The second kappa shape index (κ2) is 58.3. The van der Waals surface area contributed by atoms with Crippen molar-refractivity contribution in [3.8, 4) is 78.3 Å². The van der Waals surface area contributed by atoms with Crippen LogP contribution in [0.4, 0.5) is 0 Å². The first kappa shape index (κ1) is 118. The molecule has 0 saturated carbocycles. The van der Waals surface area contributed by atoms with Gasteiger partial charge in [0.2, 0.25) is 0 Å². The third kappa shape index (κ3) is 33.7. The summed E-state index contributed by atoms with van der Waals surface area (Å²) in [7, 11) is 0. The Kier molecular flexibility index (Phi) is 45.8. The van der Waals surface area contributed by atoms with Crippen LogP contribution in [0.5, 0.6) is 11.5 Å². The van der Waals surface area contributed by atoms with Crippen LogP contribution in [-0.2, 0) is 11.8 Å². The lowest BCUT2D eigenvalue weighted by molar-refractivity contribution is 0.478. The maximum atomic E-state index is 5.82. The molecule has 0 saturated heterocycles. The molecule has 0 N–H and O–H groups in total. The Morgan fingerprint density at radius 1 is 0.173 bits per heavy atom. The highest BCUT2D eigenvalue weighted by atomic mass is 16.5. The van der Waals surface area contributed by atoms with Gasteiger partial charge in [-0.25, -0.2) is 0 Å². The lowest BCUT2D eigenvalue weighted by atomic mass is 9.67. The van der Waals surface area contributed by atoms with Gasteiger partial charge in [-0.3, -0.25) is 0 Å². The van der Waals surface area contributed by atoms with Gasteiger partial charge in [0, 0.05) is 0 Å². The standard InChI is InChI=1S/C27H22.C21H20.C20H18.C16H18.C15H16O.C15H16.C11H10.2C9H12.2C2H6.2CH4/c1-19-11-15-21(16-12-19)27(22-17-13-20(2)14-18-22)25-9-5-3-7-23(25)24-8-4-6-10-26(24)27;1-15-4-9-18(10-5-15)20-13-8-17(3)14-21(20)19-11-6-16(2)7-12-19;1-15-7-11-17(12-8-15)19-5-3-4-6-20(19)18-13-9-16(2)10-14-18;1-12-4-7-15(8-5-12)11-16-9-6-13(2)10-14(16)3;1-11-4-7-14(8-5-11)16-15-9-6-12(2)10-13(15)3;1-11-4-7-14(8-5-11)15-9-6-12(2)10-13(15)3;1-9-6-7-10-4-2-3-5-11(10)8-9;1-7-4-8(2)6-9(3)5-7;1-7-4-5-8(2)9(3)6-7;2*1-2;;/h3-18H,1-2H3;4-14H,1-3H3;3-14H,1-2H3;4-10H,11H2,1-3H3;4-10H,1-3H3;4-10H,1-3H3;2-8H,1H3;2*4-6H,1-3H3;2*1-2H3;2*1H4. The van der Waals surface area contributed by atoms with Crippen molar-refractivity contribution in [1.29, 1.82) is 0 Å². The number of hydrogen-bond donors (Lipinski definition) is 0. The first-order valence-corrected chi connectivity index (χ1v) is 52.7. The van der Waals surface area contributed by atoms with Crippen molar-refractivity contribution in [2.45, 2.75) is 214 Å². The van der Waals surface area contributed by atoms with Crippen LogP contribution in [0.3, 0.4) is 0 Å². The number of rotatable bonds is 11. The summed E-state index contributed by atoms with van der Waals surface area (Å²) in [6, 6.07) is 159. The molecule has 1 nitrogen and oxygen atoms in total. The van der Waals surface area contributed by atoms with Gasteiger partial charge in [0.05, 0.1) is 5.41 Å². The Balaban J connectivity index is 0.000000189. The Bertz CT molecular complexity index is 7270. The van der Waals surface area contributed by atoms with Crippen LogP contribution >= 0.6 is 0 Å². The van der Waals surface area contributed by atoms with Crippen molar-refractivity contribution in [1.82, 2.24) is 0 Å². The zero-order valence-electron chi connectivity index (χ0n) is 93.3. The average Bonchev–Trinajstić information content (AvgIpc) is 1.54. The van der Waals surface area contributed by atoms with E-state index in [1.165, 1.54) is 239 Å². The SMILES string of the molecule is C.C.CC.CC.Cc1cc(C)cc(C)c1.Cc1ccc(-c2ccc(C)cc2-c2ccc(C)cc2)cc1.Cc1ccc(-c2ccc(C)cc2C)cc1.Cc1ccc(-c2ccccc2-c2ccc(C)cc2)cc1.Cc1ccc(C)c(C)c1.Cc1ccc(C2(c3ccc(C)cc3)c3ccccc3-c3ccccc32)cc1.Cc1ccc(Cc2ccc(C)cc2C)cc1.Cc1ccc(Oc2ccc(C)cc2C)cc1.Cc1ccc2ccccc2c1. The van der Waals surface area contributed by atoms with Crippen molar-refractivity contribution in [2.24, 2.45) is 0 Å². The fraction of sp³-hybridized carbons (Fsp3) is 0.208. The van der Waals surface area contributed by atoms with Crippen molar-refractivity contribution in [3.63, 3.8) is 0 Å². The van der Waals surface area contributed by atoms with E-state index in [0.717, 1.165) is 17.9 Å². The Morgan fingerprint density at radius 3 is 0.840 bits per heavy atom. The van der Waals surface area contributed by atoms with Crippen molar-refractivity contribution >= 4 is 10.8 Å². The van der Waals surface area contributed by atoms with Gasteiger partial charge in [-0.05, 0) is 323 Å². The molecule has 1 aliphatic carbocycles. The summed E-state index contributed by atoms with van der Waals surface area (Å²) < 4.78 is 5.82. The zero-order valence-corrected chi connectivity index (χ0v) is 93.3. The molecule has 0 bridgehead atoms. The molecular weight excluding hydrogens is 1810 g/mol. The molecule has 21 rings (SSSR count). The van der Waals surface area contributed by atoms with Gasteiger partial charge >= 0.3 is 0 Å². The molecular formula is C149H164O. The van der Waals surface area contributed by atoms with Gasteiger partial charge in [-0.1, -0.05) is 567 Å². The van der Waals surface area contributed by atoms with E-state index in [9.17, 15) is 0 Å². The van der Waals surface area contributed by atoms with Gasteiger partial charge in [-0.2, -0.15) is 0 Å². The van der Waals surface area contributed by atoms with Crippen molar-refractivity contribution in [3.05, 3.63) is 604 Å². The Labute approximate surface area is 905 Å². The minimum absolute atomic E-state index is 0. The highest BCUT2D eigenvalue weighted by Crippen LogP contribution is 2.56. The van der Waals surface area contributed by atoms with Crippen LogP contribution in [0.2, 0.25) is 0 Å². The van der Waals surface area contributed by atoms with E-state index >= 15 is 0 Å². The fourth-order valence-corrected chi connectivity index (χ4v) is 18.6. The Morgan fingerprint density at radius 2 is 0.453 bits per heavy atom. The topological polar surface area (TPSA) is 9.23 Å². The lowest BCUT2D eigenvalue weighted by Crippen LogP contribution is -2.28. The van der Waals surface area contributed by atoms with Crippen LogP contribution < -0.4 is 4.74 Å². The summed E-state index contributed by atoms with van der Waals surface area (Å²) in [6.45, 7) is 56.9. The van der Waals surface area contributed by atoms with Crippen LogP contribution in [0.25, 0.3) is 77.5 Å². The molecule has 20 aromatic rings. The van der Waals surface area contributed by atoms with Gasteiger partial charge in [0.1, 0.15) is 11.5 Å². The molecule has 766 valence electrons. The Hall–Kier alpha value is -15.5. The minimum atomic E-state index is -0.269. The van der Waals surface area contributed by atoms with Crippen LogP contribution in [0.1, 0.15) is 204 Å². The second-order valence-electron chi connectivity index (χ2n) is 39.7. The first-order valence-electron chi connectivity index (χ1n) is 52.7. The maximum absolute atomic E-state index is 5.82. The summed E-state index contributed by atoms with van der Waals surface area (Å²) in [6.07, 6.45) is 1.03. The minimum Gasteiger partial charge on any atom is -0.457 e. The predicted octanol–water partition coefficient (Wildman–Crippen LogP) is 42.8. The van der Waals surface area contributed by atoms with Crippen LogP contribution in [0, 0.1) is 159 Å². The first-order chi connectivity index (χ1) is 71.3. The number of ether oxygens (including phenoxy) is 1. The van der Waals surface area contributed by atoms with Crippen molar-refractivity contribution < 1.29 is 4.74 Å². The molecule has 1 heteroatoms. The molecule has 150 heavy (non-hydrogen) atoms. The fourth-order valence-electron chi connectivity index (χ4n) is 18.6. The van der Waals surface area contributed by atoms with Gasteiger partial charge < -0.3 is 4.74 Å². The largest absolute Gasteiger partial charge is 0.457 e. The van der Waals surface area contributed by atoms with E-state index < -0.39 is 0 Å². The maximum Gasteiger partial charge on any atom is 0.130 e. The normalized spacial score (nSPS) is 10.6. The lowest BCUT2D eigenvalue weighted by Gasteiger charge is -2.34. The van der Waals surface area contributed by atoms with E-state index in [1.807, 2.05) is 45.9 Å². The van der Waals surface area contributed by atoms with Crippen LogP contribution in [0.15, 0.2) is 443 Å². The molecule has 20 aromatic carbocycles. The van der Waals surface area contributed by atoms with E-state index in [-0.39, 0.29) is 20.3 Å². The molecule has 0 radical (unpaired) electrons. The molecule has 0 unspecified atom stereocenters. The highest BCUT2D eigenvalue weighted by molar-refractivity contribution is 5.88. The van der Waals surface area contributed by atoms with E-state index in [4.69, 9.17) is 4.74 Å². The molecule has 1 aliphatic rings. The van der Waals surface area contributed by atoms with Gasteiger partial charge in [0.15, 0.2) is 0 Å². The molecule has 0 spiro atoms. The summed E-state index contributed by atoms with van der Waals surface area (Å²) in [4.78, 5) is 0. The van der Waals surface area contributed by atoms with Gasteiger partial charge in [0.25, 0.3) is 0 Å². The molecule has 0 aromatic heterocycles. The highest BCUT2D eigenvalue weighted by Gasteiger charge is 2.46. The smallest absolute Gasteiger partial charge is 0.130 e. The quantitative estimate of drug-likeness (QED) is 0.125. The molecule has 0 atom stereocenters. The monoisotopic (exact) mass is 1970 g/mol. The summed E-state index contributed by atoms with van der Waals surface area (Å²) >= 11 is 0. The molecule has 0 heterocycles. The molecule has 0 fully saturated rings. The van der Waals surface area contributed by atoms with E-state index in [2.05, 4.69) is 584 Å². The number of aryl methyl sites for hydroxylation is 23. The molecule has 0 aliphatic heterocycles. The number of benzene rings is 20. The van der Waals surface area contributed by atoms with E-state index in [0.29, 0.717) is 0 Å². The summed E-state index contributed by atoms with van der Waals surface area (Å²) in [5.41, 5.74) is 53.8. The van der Waals surface area contributed by atoms with Gasteiger partial charge in [-0.15, -0.1) is 0 Å². The summed E-state index contributed by atoms with van der Waals surface area (Å²) in [5, 5.41) is 2.64. The van der Waals surface area contributed by atoms with E-state index in [1.54, 1.807) is 0 Å².